The molecule has 0 saturated carbocycles. The Morgan fingerprint density at radius 3 is 1.46 bits per heavy atom. The van der Waals surface area contributed by atoms with Crippen LogP contribution in [0.3, 0.4) is 0 Å². The number of esters is 1. The highest BCUT2D eigenvalue weighted by molar-refractivity contribution is 5.80. The Hall–Kier alpha value is -2.90. The minimum atomic E-state index is -1.62. The zero-order valence-corrected chi connectivity index (χ0v) is 51.4. The lowest BCUT2D eigenvalue weighted by Crippen LogP contribution is -2.61. The summed E-state index contributed by atoms with van der Waals surface area (Å²) in [4.78, 5) is 26.6. The lowest BCUT2D eigenvalue weighted by Gasteiger charge is -2.41. The molecule has 0 spiro atoms. The second-order valence-electron chi connectivity index (χ2n) is 22.9. The molecule has 11 heteroatoms. The summed E-state index contributed by atoms with van der Waals surface area (Å²) in [5, 5.41) is 57.0. The fraction of sp³-hybridized carbons (Fsp3) is 0.797. The summed E-state index contributed by atoms with van der Waals surface area (Å²) in [7, 11) is 0. The molecule has 0 aromatic heterocycles. The Kier molecular flexibility index (Phi) is 53.1. The van der Waals surface area contributed by atoms with E-state index in [1.165, 1.54) is 167 Å². The van der Waals surface area contributed by atoms with Crippen molar-refractivity contribution < 1.29 is 49.3 Å². The molecule has 0 bridgehead atoms. The lowest BCUT2D eigenvalue weighted by molar-refractivity contribution is -0.305. The van der Waals surface area contributed by atoms with Crippen LogP contribution >= 0.6 is 0 Å². The fourth-order valence-corrected chi connectivity index (χ4v) is 10.2. The first kappa shape index (κ1) is 75.1. The minimum absolute atomic E-state index is 0.121. The van der Waals surface area contributed by atoms with E-state index in [-0.39, 0.29) is 19.4 Å². The summed E-state index contributed by atoms with van der Waals surface area (Å²) in [6.07, 6.45) is 62.5. The molecule has 80 heavy (non-hydrogen) atoms. The van der Waals surface area contributed by atoms with Gasteiger partial charge in [0.2, 0.25) is 5.91 Å². The van der Waals surface area contributed by atoms with Crippen molar-refractivity contribution in [2.75, 3.05) is 13.2 Å². The van der Waals surface area contributed by atoms with Crippen molar-refractivity contribution in [3.63, 3.8) is 0 Å². The van der Waals surface area contributed by atoms with Crippen LogP contribution in [0.5, 0.6) is 0 Å². The van der Waals surface area contributed by atoms with Gasteiger partial charge in [0, 0.05) is 6.42 Å². The summed E-state index contributed by atoms with van der Waals surface area (Å²) in [5.74, 6) is -1.21. The number of carbonyl (C=O) groups excluding carboxylic acids is 2. The zero-order valence-electron chi connectivity index (χ0n) is 51.4. The van der Waals surface area contributed by atoms with Crippen LogP contribution in [0.1, 0.15) is 290 Å². The lowest BCUT2D eigenvalue weighted by atomic mass is 9.99. The topological polar surface area (TPSA) is 175 Å². The van der Waals surface area contributed by atoms with E-state index in [0.717, 1.165) is 77.0 Å². The van der Waals surface area contributed by atoms with Gasteiger partial charge in [-0.1, -0.05) is 280 Å². The Morgan fingerprint density at radius 2 is 0.950 bits per heavy atom. The molecule has 1 heterocycles. The number of aliphatic hydroxyl groups is 5. The van der Waals surface area contributed by atoms with E-state index in [0.29, 0.717) is 12.8 Å². The first-order valence-electron chi connectivity index (χ1n) is 33.2. The van der Waals surface area contributed by atoms with Gasteiger partial charge >= 0.3 is 5.97 Å². The Bertz CT molecular complexity index is 1580. The van der Waals surface area contributed by atoms with Crippen molar-refractivity contribution in [1.82, 2.24) is 5.32 Å². The van der Waals surface area contributed by atoms with Gasteiger partial charge in [-0.05, 0) is 77.0 Å². The largest absolute Gasteiger partial charge is 0.454 e. The first-order valence-corrected chi connectivity index (χ1v) is 33.2. The smallest absolute Gasteiger partial charge is 0.306 e. The molecule has 1 aliphatic rings. The third-order valence-electron chi connectivity index (χ3n) is 15.4. The number of amides is 1. The first-order chi connectivity index (χ1) is 39.2. The number of hydrogen-bond acceptors (Lipinski definition) is 10. The van der Waals surface area contributed by atoms with Crippen LogP contribution in [0.2, 0.25) is 0 Å². The maximum Gasteiger partial charge on any atom is 0.306 e. The average Bonchev–Trinajstić information content (AvgIpc) is 3.46. The van der Waals surface area contributed by atoms with Crippen LogP contribution < -0.4 is 5.32 Å². The molecule has 11 nitrogen and oxygen atoms in total. The van der Waals surface area contributed by atoms with E-state index < -0.39 is 67.4 Å². The number of carbonyl (C=O) groups is 2. The molecular formula is C69H123NO10. The highest BCUT2D eigenvalue weighted by Gasteiger charge is 2.47. The summed E-state index contributed by atoms with van der Waals surface area (Å²) in [5.41, 5.74) is 0. The summed E-state index contributed by atoms with van der Waals surface area (Å²) in [6.45, 7) is 5.63. The normalized spacial score (nSPS) is 19.2. The molecule has 1 aliphatic heterocycles. The van der Waals surface area contributed by atoms with Crippen LogP contribution in [-0.4, -0.2) is 99.6 Å². The van der Waals surface area contributed by atoms with Crippen LogP contribution in [0.15, 0.2) is 72.9 Å². The molecule has 1 saturated heterocycles. The van der Waals surface area contributed by atoms with Crippen molar-refractivity contribution in [2.45, 2.75) is 339 Å². The van der Waals surface area contributed by atoms with Crippen molar-refractivity contribution in [3.8, 4) is 0 Å². The van der Waals surface area contributed by atoms with Crippen molar-refractivity contribution in [1.29, 1.82) is 0 Å². The number of rotatable bonds is 56. The van der Waals surface area contributed by atoms with Crippen LogP contribution in [0.25, 0.3) is 0 Å². The van der Waals surface area contributed by atoms with E-state index in [9.17, 15) is 35.1 Å². The van der Waals surface area contributed by atoms with Gasteiger partial charge in [0.1, 0.15) is 24.4 Å². The number of aliphatic hydroxyl groups excluding tert-OH is 5. The van der Waals surface area contributed by atoms with Gasteiger partial charge in [-0.15, -0.1) is 0 Å². The SMILES string of the molecule is CC/C=C/C=C/C=C\CCCCCCC(O)C(=O)NC(COC1OC(CO)C(O)C(O)C1OC(=O)CCCCCCCCCCCCCCCCCCC/C=C\C/C=C\CCCCC)C(O)/C=C/CCCCCCCCCCCC. The number of nitrogens with one attached hydrogen (secondary N) is 1. The molecule has 0 aromatic carbocycles. The molecular weight excluding hydrogens is 1000 g/mol. The Balaban J connectivity index is 2.53. The van der Waals surface area contributed by atoms with Crippen molar-refractivity contribution in [3.05, 3.63) is 72.9 Å². The number of allylic oxidation sites excluding steroid dienone is 11. The quantitative estimate of drug-likeness (QED) is 0.0149. The van der Waals surface area contributed by atoms with Gasteiger partial charge < -0.3 is 45.1 Å². The molecule has 0 aromatic rings. The maximum absolute atomic E-state index is 13.4. The predicted molar refractivity (Wildman–Crippen MR) is 333 cm³/mol. The molecule has 6 N–H and O–H groups in total. The fourth-order valence-electron chi connectivity index (χ4n) is 10.2. The van der Waals surface area contributed by atoms with Crippen molar-refractivity contribution >= 4 is 11.9 Å². The monoisotopic (exact) mass is 1130 g/mol. The van der Waals surface area contributed by atoms with Gasteiger partial charge in [-0.25, -0.2) is 0 Å². The van der Waals surface area contributed by atoms with Gasteiger partial charge in [0.25, 0.3) is 0 Å². The van der Waals surface area contributed by atoms with Gasteiger partial charge in [0.05, 0.1) is 25.4 Å². The van der Waals surface area contributed by atoms with E-state index in [1.54, 1.807) is 6.08 Å². The molecule has 1 fully saturated rings. The molecule has 0 radical (unpaired) electrons. The highest BCUT2D eigenvalue weighted by atomic mass is 16.7. The number of unbranched alkanes of at least 4 members (excludes halogenated alkanes) is 34. The summed E-state index contributed by atoms with van der Waals surface area (Å²) in [6, 6.07) is -1.04. The second-order valence-corrected chi connectivity index (χ2v) is 22.9. The van der Waals surface area contributed by atoms with Crippen LogP contribution in [0, 0.1) is 0 Å². The van der Waals surface area contributed by atoms with Crippen LogP contribution in [-0.2, 0) is 23.8 Å². The molecule has 8 atom stereocenters. The van der Waals surface area contributed by atoms with Crippen molar-refractivity contribution in [2.24, 2.45) is 0 Å². The third kappa shape index (κ3) is 43.7. The van der Waals surface area contributed by atoms with Gasteiger partial charge in [-0.3, -0.25) is 9.59 Å². The predicted octanol–water partition coefficient (Wildman–Crippen LogP) is 16.3. The van der Waals surface area contributed by atoms with E-state index in [1.807, 2.05) is 30.4 Å². The number of hydrogen-bond donors (Lipinski definition) is 6. The summed E-state index contributed by atoms with van der Waals surface area (Å²) >= 11 is 0. The van der Waals surface area contributed by atoms with E-state index >= 15 is 0 Å². The molecule has 464 valence electrons. The summed E-state index contributed by atoms with van der Waals surface area (Å²) < 4.78 is 17.6. The number of ether oxygens (including phenoxy) is 3. The maximum atomic E-state index is 13.4. The van der Waals surface area contributed by atoms with Gasteiger partial charge in [-0.2, -0.15) is 0 Å². The minimum Gasteiger partial charge on any atom is -0.454 e. The van der Waals surface area contributed by atoms with E-state index in [2.05, 4.69) is 62.5 Å². The Labute approximate surface area is 490 Å². The molecule has 0 aliphatic carbocycles. The zero-order chi connectivity index (χ0) is 58.2. The van der Waals surface area contributed by atoms with Crippen LogP contribution in [0.4, 0.5) is 0 Å². The molecule has 1 amide bonds. The third-order valence-corrected chi connectivity index (χ3v) is 15.4. The van der Waals surface area contributed by atoms with E-state index in [4.69, 9.17) is 14.2 Å². The second kappa shape index (κ2) is 56.6. The standard InChI is InChI=1S/C69H123NO10/c1-4-7-10-13-16-19-22-25-26-27-28-29-30-31-32-33-34-35-36-37-38-39-42-45-48-51-54-57-64(74)80-67-66(76)65(75)63(58-71)79-69(67)78-59-60(61(72)55-52-49-46-43-40-23-20-17-14-11-8-5-2)70-68(77)62(73)56-53-50-47-44-41-24-21-18-15-12-9-6-3/h9,12,15-16,18-19,21,24-26,52,55,60-63,65-67,69,71-73,75-76H,4-8,10-11,13-14,17,20,22-23,27-51,53-54,56-59H2,1-3H3,(H,70,77)/b12-9+,18-15+,19-16-,24-21-,26-25-,55-52+. The van der Waals surface area contributed by atoms with Gasteiger partial charge in [0.15, 0.2) is 12.4 Å². The average molecular weight is 1130 g/mol. The molecule has 8 unspecified atom stereocenters. The highest BCUT2D eigenvalue weighted by Crippen LogP contribution is 2.26. The molecule has 1 rings (SSSR count). The Morgan fingerprint density at radius 1 is 0.512 bits per heavy atom.